The number of fused-ring (bicyclic) bond motifs is 2. The van der Waals surface area contributed by atoms with Crippen LogP contribution in [-0.4, -0.2) is 36.6 Å². The van der Waals surface area contributed by atoms with Crippen molar-refractivity contribution in [2.45, 2.75) is 31.9 Å². The molecule has 0 saturated heterocycles. The minimum Gasteiger partial charge on any atom is -0.490 e. The Hall–Kier alpha value is -3.65. The second-order valence-electron chi connectivity index (χ2n) is 9.71. The summed E-state index contributed by atoms with van der Waals surface area (Å²) in [4.78, 5) is 27.4. The predicted molar refractivity (Wildman–Crippen MR) is 149 cm³/mol. The molecule has 0 aliphatic carbocycles. The first kappa shape index (κ1) is 25.0. The highest BCUT2D eigenvalue weighted by molar-refractivity contribution is 9.10. The van der Waals surface area contributed by atoms with Crippen molar-refractivity contribution in [2.24, 2.45) is 0 Å². The third kappa shape index (κ3) is 4.19. The van der Waals surface area contributed by atoms with Crippen LogP contribution in [0, 0.1) is 4.91 Å². The molecular weight excluding hydrogens is 534 g/mol. The molecule has 2 heterocycles. The van der Waals surface area contributed by atoms with E-state index in [1.807, 2.05) is 66.4 Å². The molecule has 8 heteroatoms. The average Bonchev–Trinajstić information content (AvgIpc) is 3.04. The van der Waals surface area contributed by atoms with Gasteiger partial charge in [0.15, 0.2) is 18.5 Å². The summed E-state index contributed by atoms with van der Waals surface area (Å²) >= 11 is 3.43. The number of carbonyl (C=O) groups excluding carboxylic acids is 1. The third-order valence-corrected chi connectivity index (χ3v) is 7.60. The Bertz CT molecular complexity index is 1420. The van der Waals surface area contributed by atoms with Crippen molar-refractivity contribution in [3.63, 3.8) is 0 Å². The number of nitroso groups, excluding NO2 is 1. The van der Waals surface area contributed by atoms with Gasteiger partial charge in [-0.15, -0.1) is 0 Å². The van der Waals surface area contributed by atoms with Gasteiger partial charge in [-0.25, -0.2) is 0 Å². The fourth-order valence-electron chi connectivity index (χ4n) is 5.19. The third-order valence-electron chi connectivity index (χ3n) is 7.07. The molecule has 2 aliphatic rings. The molecule has 2 aliphatic heterocycles. The zero-order valence-electron chi connectivity index (χ0n) is 21.2. The number of para-hydroxylation sites is 1. The van der Waals surface area contributed by atoms with E-state index in [0.29, 0.717) is 29.5 Å². The number of nitrogens with one attached hydrogen (secondary N) is 1. The van der Waals surface area contributed by atoms with Crippen LogP contribution in [0.1, 0.15) is 31.9 Å². The molecule has 7 nitrogen and oxygen atoms in total. The van der Waals surface area contributed by atoms with Crippen LogP contribution in [-0.2, 0) is 10.2 Å². The molecule has 5 rings (SSSR count). The van der Waals surface area contributed by atoms with Crippen molar-refractivity contribution in [3.05, 3.63) is 87.2 Å². The van der Waals surface area contributed by atoms with E-state index >= 15 is 0 Å². The van der Waals surface area contributed by atoms with E-state index < -0.39 is 11.1 Å². The molecule has 1 N–H and O–H groups in total. The van der Waals surface area contributed by atoms with E-state index in [1.165, 1.54) is 7.05 Å². The van der Waals surface area contributed by atoms with Gasteiger partial charge in [0.1, 0.15) is 6.54 Å². The van der Waals surface area contributed by atoms with Gasteiger partial charge in [0.2, 0.25) is 11.6 Å². The normalized spacial score (nSPS) is 18.7. The Kier molecular flexibility index (Phi) is 6.31. The average molecular weight is 563 g/mol. The summed E-state index contributed by atoms with van der Waals surface area (Å²) < 4.78 is 14.5. The van der Waals surface area contributed by atoms with E-state index in [-0.39, 0.29) is 12.5 Å². The van der Waals surface area contributed by atoms with Gasteiger partial charge >= 0.3 is 0 Å². The summed E-state index contributed by atoms with van der Waals surface area (Å²) in [6.07, 6.45) is 3.95. The van der Waals surface area contributed by atoms with E-state index in [0.717, 1.165) is 26.0 Å². The van der Waals surface area contributed by atoms with Crippen molar-refractivity contribution in [2.75, 3.05) is 30.4 Å². The van der Waals surface area contributed by atoms with Gasteiger partial charge in [0, 0.05) is 37.1 Å². The number of ether oxygens (including phenoxy) is 2. The molecule has 3 aromatic carbocycles. The first-order chi connectivity index (χ1) is 17.7. The van der Waals surface area contributed by atoms with Gasteiger partial charge in [0.25, 0.3) is 5.69 Å². The van der Waals surface area contributed by atoms with Gasteiger partial charge in [-0.3, -0.25) is 4.79 Å². The van der Waals surface area contributed by atoms with Crippen molar-refractivity contribution in [1.29, 1.82) is 0 Å². The molecule has 0 fully saturated rings. The fourth-order valence-corrected chi connectivity index (χ4v) is 5.45. The zero-order chi connectivity index (χ0) is 26.4. The maximum atomic E-state index is 13.3. The lowest BCUT2D eigenvalue weighted by atomic mass is 9.76. The Labute approximate surface area is 224 Å². The number of halogens is 1. The highest BCUT2D eigenvalue weighted by atomic mass is 79.9. The molecule has 1 unspecified atom stereocenters. The first-order valence-electron chi connectivity index (χ1n) is 12.2. The van der Waals surface area contributed by atoms with Crippen LogP contribution < -0.4 is 19.7 Å². The smallest absolute Gasteiger partial charge is 0.260 e. The predicted octanol–water partition coefficient (Wildman–Crippen LogP) is 6.43. The summed E-state index contributed by atoms with van der Waals surface area (Å²) in [6.45, 7) is 6.62. The van der Waals surface area contributed by atoms with Crippen molar-refractivity contribution in [3.8, 4) is 11.5 Å². The monoisotopic (exact) mass is 562 g/mol. The molecular formula is C29H29BrN3O4+. The molecule has 1 atom stereocenters. The van der Waals surface area contributed by atoms with Crippen LogP contribution in [0.2, 0.25) is 0 Å². The maximum Gasteiger partial charge on any atom is 0.260 e. The first-order valence-corrected chi connectivity index (χ1v) is 13.0. The van der Waals surface area contributed by atoms with Crippen molar-refractivity contribution in [1.82, 2.24) is 0 Å². The van der Waals surface area contributed by atoms with Crippen molar-refractivity contribution < 1.29 is 19.0 Å². The number of amides is 1. The Balaban J connectivity index is 1.58. The fraction of sp³-hybridized carbons (Fsp3) is 0.276. The lowest BCUT2D eigenvalue weighted by Gasteiger charge is -2.47. The highest BCUT2D eigenvalue weighted by Crippen LogP contribution is 2.56. The van der Waals surface area contributed by atoms with E-state index in [9.17, 15) is 9.70 Å². The number of hydrogen-bond acceptors (Lipinski definition) is 5. The van der Waals surface area contributed by atoms with Crippen LogP contribution in [0.4, 0.5) is 17.1 Å². The summed E-state index contributed by atoms with van der Waals surface area (Å²) in [5, 5.41) is 3.00. The number of benzene rings is 3. The largest absolute Gasteiger partial charge is 0.490 e. The van der Waals surface area contributed by atoms with E-state index in [4.69, 9.17) is 9.47 Å². The molecule has 1 amide bonds. The van der Waals surface area contributed by atoms with Gasteiger partial charge in [-0.1, -0.05) is 34.1 Å². The minimum absolute atomic E-state index is 0.0710. The second kappa shape index (κ2) is 9.34. The van der Waals surface area contributed by atoms with Gasteiger partial charge in [0.05, 0.1) is 18.1 Å². The molecule has 0 saturated carbocycles. The summed E-state index contributed by atoms with van der Waals surface area (Å²) in [7, 11) is 1.45. The van der Waals surface area contributed by atoms with Gasteiger partial charge in [-0.2, -0.15) is 0 Å². The zero-order valence-corrected chi connectivity index (χ0v) is 22.8. The second-order valence-corrected chi connectivity index (χ2v) is 10.6. The number of nitrogens with zero attached hydrogens (tertiary/aromatic N) is 2. The van der Waals surface area contributed by atoms with Gasteiger partial charge < -0.3 is 19.7 Å². The molecule has 37 heavy (non-hydrogen) atoms. The topological polar surface area (TPSA) is 70.9 Å². The molecule has 190 valence electrons. The van der Waals surface area contributed by atoms with Crippen LogP contribution in [0.15, 0.2) is 71.2 Å². The summed E-state index contributed by atoms with van der Waals surface area (Å²) in [6, 6.07) is 19.0. The summed E-state index contributed by atoms with van der Waals surface area (Å²) in [5.41, 5.74) is 2.43. The highest BCUT2D eigenvalue weighted by Gasteiger charge is 2.59. The lowest BCUT2D eigenvalue weighted by molar-refractivity contribution is -0.428. The molecule has 0 radical (unpaired) electrons. The van der Waals surface area contributed by atoms with Gasteiger partial charge in [-0.05, 0) is 68.8 Å². The standard InChI is InChI=1S/C29H28BrN3O4/c1-5-36-25-17-22(32(4)35)16-19-14-15-29(37-27(19)25)28(2,3)23-8-6-7-9-24(23)33(29)18-26(34)31-21-12-10-20(30)11-13-21/h6-17H,5,18H2,1-4H3/p+1. The van der Waals surface area contributed by atoms with E-state index in [1.54, 1.807) is 12.1 Å². The maximum absolute atomic E-state index is 13.3. The van der Waals surface area contributed by atoms with Crippen molar-refractivity contribution >= 4 is 45.0 Å². The Morgan fingerprint density at radius 1 is 1.14 bits per heavy atom. The Morgan fingerprint density at radius 3 is 2.57 bits per heavy atom. The van der Waals surface area contributed by atoms with Crippen LogP contribution in [0.3, 0.4) is 0 Å². The lowest BCUT2D eigenvalue weighted by Crippen LogP contribution is -2.61. The minimum atomic E-state index is -1.00. The number of anilines is 2. The molecule has 1 spiro atoms. The molecule has 3 aromatic rings. The van der Waals surface area contributed by atoms with Crippen LogP contribution in [0.5, 0.6) is 11.5 Å². The molecule has 0 bridgehead atoms. The number of carbonyl (C=O) groups is 1. The van der Waals surface area contributed by atoms with Crippen LogP contribution >= 0.6 is 15.9 Å². The quantitative estimate of drug-likeness (QED) is 0.351. The van der Waals surface area contributed by atoms with E-state index in [2.05, 4.69) is 41.2 Å². The Morgan fingerprint density at radius 2 is 1.86 bits per heavy atom. The summed E-state index contributed by atoms with van der Waals surface area (Å²) in [5.74, 6) is 0.881. The molecule has 0 aromatic heterocycles. The number of hydrogen-bond donors (Lipinski definition) is 1. The SMILES string of the molecule is CCOc1cc([N+](C)=O)cc2c1OC1(C=C2)N(CC(=O)Nc2ccc(Br)cc2)c2ccccc2C1(C)C. The number of rotatable bonds is 6. The van der Waals surface area contributed by atoms with Crippen LogP contribution in [0.25, 0.3) is 6.08 Å².